The van der Waals surface area contributed by atoms with Gasteiger partial charge in [0, 0.05) is 32.0 Å². The summed E-state index contributed by atoms with van der Waals surface area (Å²) in [6, 6.07) is 3.79. The Balaban J connectivity index is 1.87. The highest BCUT2D eigenvalue weighted by molar-refractivity contribution is 6.30. The van der Waals surface area contributed by atoms with Crippen LogP contribution in [0.1, 0.15) is 29.3 Å². The predicted molar refractivity (Wildman–Crippen MR) is 108 cm³/mol. The molecule has 0 aliphatic carbocycles. The molecule has 3 aromatic rings. The summed E-state index contributed by atoms with van der Waals surface area (Å²) in [4.78, 5) is 23.5. The number of aromatic nitrogens is 5. The fourth-order valence-corrected chi connectivity index (χ4v) is 2.98. The molecule has 3 aromatic heterocycles. The third-order valence-corrected chi connectivity index (χ3v) is 4.84. The number of nitrogens with one attached hydrogen (secondary N) is 1. The van der Waals surface area contributed by atoms with Crippen molar-refractivity contribution in [3.05, 3.63) is 59.1 Å². The molecule has 0 unspecified atom stereocenters. The molecule has 1 atom stereocenters. The second-order valence-electron chi connectivity index (χ2n) is 6.63. The van der Waals surface area contributed by atoms with Crippen molar-refractivity contribution in [1.82, 2.24) is 29.9 Å². The van der Waals surface area contributed by atoms with Gasteiger partial charge in [-0.1, -0.05) is 18.5 Å². The number of pyridine rings is 2. The molecule has 0 radical (unpaired) electrons. The number of hydrogen-bond acceptors (Lipinski definition) is 6. The maximum absolute atomic E-state index is 13.2. The lowest BCUT2D eigenvalue weighted by Gasteiger charge is -2.28. The molecule has 1 amide bonds. The van der Waals surface area contributed by atoms with Crippen molar-refractivity contribution in [2.24, 2.45) is 0 Å². The van der Waals surface area contributed by atoms with Crippen molar-refractivity contribution in [2.45, 2.75) is 25.6 Å². The van der Waals surface area contributed by atoms with Crippen molar-refractivity contribution in [3.8, 4) is 5.82 Å². The van der Waals surface area contributed by atoms with Crippen LogP contribution in [0.4, 0.5) is 19.0 Å². The van der Waals surface area contributed by atoms with Crippen LogP contribution < -0.4 is 5.32 Å². The van der Waals surface area contributed by atoms with E-state index in [1.165, 1.54) is 30.5 Å². The van der Waals surface area contributed by atoms with E-state index in [0.29, 0.717) is 30.0 Å². The van der Waals surface area contributed by atoms with Crippen LogP contribution in [-0.2, 0) is 6.18 Å². The minimum absolute atomic E-state index is 0.0861. The van der Waals surface area contributed by atoms with Gasteiger partial charge in [-0.3, -0.25) is 4.79 Å². The number of amides is 1. The van der Waals surface area contributed by atoms with Crippen molar-refractivity contribution < 1.29 is 18.0 Å². The Kier molecular flexibility index (Phi) is 6.74. The molecule has 0 saturated heterocycles. The number of rotatable bonds is 7. The van der Waals surface area contributed by atoms with Gasteiger partial charge in [0.1, 0.15) is 5.82 Å². The average Bonchev–Trinajstić information content (AvgIpc) is 3.28. The van der Waals surface area contributed by atoms with Gasteiger partial charge >= 0.3 is 6.18 Å². The predicted octanol–water partition coefficient (Wildman–Crippen LogP) is 3.69. The SMILES string of the molecule is CC[C@@H](CNc1ccc(Cl)cn1)N(C)C(=O)c1cc(C(F)(F)F)cnc1-n1nccn1. The number of likely N-dealkylation sites (N-methyl/N-ethyl adjacent to an activating group) is 1. The number of nitrogens with zero attached hydrogens (tertiary/aromatic N) is 6. The maximum Gasteiger partial charge on any atom is 0.417 e. The number of carbonyl (C=O) groups excluding carboxylic acids is 1. The van der Waals surface area contributed by atoms with Crippen molar-refractivity contribution in [3.63, 3.8) is 0 Å². The molecule has 0 aliphatic heterocycles. The maximum atomic E-state index is 13.2. The summed E-state index contributed by atoms with van der Waals surface area (Å²) < 4.78 is 39.7. The highest BCUT2D eigenvalue weighted by Crippen LogP contribution is 2.30. The lowest BCUT2D eigenvalue weighted by molar-refractivity contribution is -0.137. The van der Waals surface area contributed by atoms with E-state index in [2.05, 4.69) is 25.5 Å². The Morgan fingerprint density at radius 2 is 1.94 bits per heavy atom. The van der Waals surface area contributed by atoms with Crippen molar-refractivity contribution >= 4 is 23.3 Å². The summed E-state index contributed by atoms with van der Waals surface area (Å²) >= 11 is 5.82. The van der Waals surface area contributed by atoms with E-state index in [1.54, 1.807) is 12.1 Å². The van der Waals surface area contributed by atoms with Crippen LogP contribution in [-0.4, -0.2) is 55.4 Å². The lowest BCUT2D eigenvalue weighted by atomic mass is 10.1. The van der Waals surface area contributed by atoms with Gasteiger partial charge in [-0.15, -0.1) is 4.80 Å². The molecule has 3 rings (SSSR count). The van der Waals surface area contributed by atoms with Crippen LogP contribution in [0.2, 0.25) is 5.02 Å². The first-order valence-electron chi connectivity index (χ1n) is 9.27. The summed E-state index contributed by atoms with van der Waals surface area (Å²) in [6.07, 6.45) is 0.718. The number of hydrogen-bond donors (Lipinski definition) is 1. The number of carbonyl (C=O) groups is 1. The zero-order valence-electron chi connectivity index (χ0n) is 16.6. The molecule has 12 heteroatoms. The minimum atomic E-state index is -4.65. The van der Waals surface area contributed by atoms with E-state index in [4.69, 9.17) is 11.6 Å². The fraction of sp³-hybridized carbons (Fsp3) is 0.316. The van der Waals surface area contributed by atoms with Gasteiger partial charge in [0.25, 0.3) is 5.91 Å². The van der Waals surface area contributed by atoms with Crippen LogP contribution in [0.15, 0.2) is 43.0 Å². The van der Waals surface area contributed by atoms with E-state index in [9.17, 15) is 18.0 Å². The lowest BCUT2D eigenvalue weighted by Crippen LogP contribution is -2.41. The summed E-state index contributed by atoms with van der Waals surface area (Å²) in [5.74, 6) is -0.161. The molecule has 0 aliphatic rings. The average molecular weight is 454 g/mol. The normalized spacial score (nSPS) is 12.5. The molecular formula is C19H19ClF3N7O. The van der Waals surface area contributed by atoms with E-state index in [1.807, 2.05) is 6.92 Å². The molecule has 3 heterocycles. The van der Waals surface area contributed by atoms with Gasteiger partial charge in [0.2, 0.25) is 0 Å². The van der Waals surface area contributed by atoms with E-state index < -0.39 is 17.6 Å². The largest absolute Gasteiger partial charge is 0.417 e. The zero-order valence-corrected chi connectivity index (χ0v) is 17.4. The Morgan fingerprint density at radius 1 is 1.23 bits per heavy atom. The van der Waals surface area contributed by atoms with Gasteiger partial charge < -0.3 is 10.2 Å². The van der Waals surface area contributed by atoms with Crippen LogP contribution in [0.25, 0.3) is 5.82 Å². The minimum Gasteiger partial charge on any atom is -0.368 e. The highest BCUT2D eigenvalue weighted by atomic mass is 35.5. The second-order valence-corrected chi connectivity index (χ2v) is 7.07. The van der Waals surface area contributed by atoms with Crippen molar-refractivity contribution in [1.29, 1.82) is 0 Å². The van der Waals surface area contributed by atoms with Crippen LogP contribution >= 0.6 is 11.6 Å². The first-order chi connectivity index (χ1) is 14.7. The molecule has 0 fully saturated rings. The molecule has 31 heavy (non-hydrogen) atoms. The van der Waals surface area contributed by atoms with Gasteiger partial charge in [-0.05, 0) is 24.6 Å². The second kappa shape index (κ2) is 9.29. The van der Waals surface area contributed by atoms with E-state index in [0.717, 1.165) is 10.9 Å². The van der Waals surface area contributed by atoms with Crippen LogP contribution in [0, 0.1) is 0 Å². The third kappa shape index (κ3) is 5.29. The molecule has 164 valence electrons. The van der Waals surface area contributed by atoms with E-state index in [-0.39, 0.29) is 17.4 Å². The first-order valence-corrected chi connectivity index (χ1v) is 9.65. The number of halogens is 4. The standard InChI is InChI=1S/C19H19ClF3N7O/c1-3-14(11-25-16-5-4-13(20)10-24-16)29(2)18(31)15-8-12(19(21,22)23)9-26-17(15)30-27-6-7-28-30/h4-10,14H,3,11H2,1-2H3,(H,24,25)/t14-/m0/s1. The molecule has 1 N–H and O–H groups in total. The monoisotopic (exact) mass is 453 g/mol. The Labute approximate surface area is 181 Å². The van der Waals surface area contributed by atoms with Crippen LogP contribution in [0.5, 0.6) is 0 Å². The van der Waals surface area contributed by atoms with Crippen molar-refractivity contribution in [2.75, 3.05) is 18.9 Å². The molecule has 8 nitrogen and oxygen atoms in total. The fourth-order valence-electron chi connectivity index (χ4n) is 2.87. The van der Waals surface area contributed by atoms with E-state index >= 15 is 0 Å². The molecule has 0 saturated carbocycles. The molecule has 0 spiro atoms. The summed E-state index contributed by atoms with van der Waals surface area (Å²) in [5.41, 5.74) is -1.28. The number of anilines is 1. The van der Waals surface area contributed by atoms with Gasteiger partial charge in [-0.2, -0.15) is 23.4 Å². The van der Waals surface area contributed by atoms with Gasteiger partial charge in [0.15, 0.2) is 5.82 Å². The third-order valence-electron chi connectivity index (χ3n) is 4.62. The summed E-state index contributed by atoms with van der Waals surface area (Å²) in [5, 5.41) is 11.4. The molecule has 0 bridgehead atoms. The Morgan fingerprint density at radius 3 is 2.52 bits per heavy atom. The summed E-state index contributed by atoms with van der Waals surface area (Å²) in [7, 11) is 1.52. The molecule has 0 aromatic carbocycles. The Hall–Kier alpha value is -3.21. The quantitative estimate of drug-likeness (QED) is 0.587. The summed E-state index contributed by atoms with van der Waals surface area (Å²) in [6.45, 7) is 2.20. The molecular weight excluding hydrogens is 435 g/mol. The zero-order chi connectivity index (χ0) is 22.6. The smallest absolute Gasteiger partial charge is 0.368 e. The first kappa shape index (κ1) is 22.5. The van der Waals surface area contributed by atoms with Gasteiger partial charge in [0.05, 0.1) is 28.5 Å². The topological polar surface area (TPSA) is 88.8 Å². The highest BCUT2D eigenvalue weighted by Gasteiger charge is 2.34. The van der Waals surface area contributed by atoms with Crippen LogP contribution in [0.3, 0.4) is 0 Å². The number of alkyl halides is 3. The Bertz CT molecular complexity index is 1030. The van der Waals surface area contributed by atoms with Gasteiger partial charge in [-0.25, -0.2) is 9.97 Å².